The predicted octanol–water partition coefficient (Wildman–Crippen LogP) is 3.38. The van der Waals surface area contributed by atoms with Crippen LogP contribution in [0.25, 0.3) is 0 Å². The summed E-state index contributed by atoms with van der Waals surface area (Å²) < 4.78 is 0. The molecule has 3 N–H and O–H groups in total. The molecule has 0 aliphatic rings. The Hall–Kier alpha value is -2.29. The van der Waals surface area contributed by atoms with E-state index in [0.29, 0.717) is 11.3 Å². The van der Waals surface area contributed by atoms with E-state index in [1.165, 1.54) is 5.56 Å². The van der Waals surface area contributed by atoms with Gasteiger partial charge in [-0.05, 0) is 38.5 Å². The molecule has 20 heavy (non-hydrogen) atoms. The quantitative estimate of drug-likeness (QED) is 0.838. The third-order valence-corrected chi connectivity index (χ3v) is 3.38. The number of carbonyl (C=O) groups excluding carboxylic acids is 1. The zero-order chi connectivity index (χ0) is 14.7. The summed E-state index contributed by atoms with van der Waals surface area (Å²) in [7, 11) is 0. The maximum Gasteiger partial charge on any atom is 0.253 e. The molecule has 0 aromatic heterocycles. The molecule has 3 heteroatoms. The van der Waals surface area contributed by atoms with E-state index in [2.05, 4.69) is 5.32 Å². The highest BCUT2D eigenvalue weighted by molar-refractivity contribution is 5.99. The topological polar surface area (TPSA) is 55.1 Å². The van der Waals surface area contributed by atoms with Crippen molar-refractivity contribution in [1.82, 2.24) is 5.32 Å². The zero-order valence-electron chi connectivity index (χ0n) is 12.1. The van der Waals surface area contributed by atoms with Crippen molar-refractivity contribution in [2.75, 3.05) is 5.73 Å². The second kappa shape index (κ2) is 5.78. The first-order chi connectivity index (χ1) is 9.47. The van der Waals surface area contributed by atoms with Crippen LogP contribution in [0.3, 0.4) is 0 Å². The van der Waals surface area contributed by atoms with Crippen LogP contribution in [0, 0.1) is 13.8 Å². The maximum atomic E-state index is 12.3. The van der Waals surface area contributed by atoms with Crippen LogP contribution in [0.15, 0.2) is 42.5 Å². The van der Waals surface area contributed by atoms with Crippen molar-refractivity contribution < 1.29 is 4.79 Å². The molecule has 0 fully saturated rings. The number of benzene rings is 2. The van der Waals surface area contributed by atoms with Crippen molar-refractivity contribution in [3.8, 4) is 0 Å². The van der Waals surface area contributed by atoms with E-state index in [1.807, 2.05) is 57.2 Å². The molecule has 0 spiro atoms. The van der Waals surface area contributed by atoms with Crippen molar-refractivity contribution in [2.45, 2.75) is 26.8 Å². The van der Waals surface area contributed by atoms with Crippen LogP contribution in [-0.4, -0.2) is 5.91 Å². The molecule has 0 unspecified atom stereocenters. The Balaban J connectivity index is 2.15. The highest BCUT2D eigenvalue weighted by atomic mass is 16.1. The lowest BCUT2D eigenvalue weighted by atomic mass is 10.0. The van der Waals surface area contributed by atoms with Crippen LogP contribution in [0.1, 0.15) is 40.0 Å². The number of anilines is 1. The van der Waals surface area contributed by atoms with Gasteiger partial charge in [0, 0.05) is 5.69 Å². The largest absolute Gasteiger partial charge is 0.398 e. The molecule has 0 aliphatic carbocycles. The first-order valence-corrected chi connectivity index (χ1v) is 6.71. The van der Waals surface area contributed by atoms with Crippen LogP contribution in [0.2, 0.25) is 0 Å². The number of carbonyl (C=O) groups is 1. The average Bonchev–Trinajstić information content (AvgIpc) is 2.42. The second-order valence-electron chi connectivity index (χ2n) is 5.20. The lowest BCUT2D eigenvalue weighted by Crippen LogP contribution is -2.27. The Morgan fingerprint density at radius 1 is 1.05 bits per heavy atom. The monoisotopic (exact) mass is 268 g/mol. The van der Waals surface area contributed by atoms with Gasteiger partial charge in [-0.15, -0.1) is 0 Å². The molecule has 2 rings (SSSR count). The van der Waals surface area contributed by atoms with Gasteiger partial charge >= 0.3 is 0 Å². The van der Waals surface area contributed by atoms with Crippen LogP contribution in [0.5, 0.6) is 0 Å². The van der Waals surface area contributed by atoms with Gasteiger partial charge in [-0.3, -0.25) is 4.79 Å². The summed E-state index contributed by atoms with van der Waals surface area (Å²) in [5.41, 5.74) is 10.2. The lowest BCUT2D eigenvalue weighted by Gasteiger charge is -2.15. The standard InChI is InChI=1S/C17H20N2O/c1-11-4-7-14(8-5-11)13(3)19-17(20)15-10-12(2)6-9-16(15)18/h4-10,13H,18H2,1-3H3,(H,19,20)/t13-/m0/s1. The SMILES string of the molecule is Cc1ccc([C@H](C)NC(=O)c2cc(C)ccc2N)cc1. The van der Waals surface area contributed by atoms with E-state index in [0.717, 1.165) is 11.1 Å². The summed E-state index contributed by atoms with van der Waals surface area (Å²) in [4.78, 5) is 12.3. The van der Waals surface area contributed by atoms with Gasteiger partial charge < -0.3 is 11.1 Å². The van der Waals surface area contributed by atoms with E-state index in [4.69, 9.17) is 5.73 Å². The summed E-state index contributed by atoms with van der Waals surface area (Å²) in [6, 6.07) is 13.6. The second-order valence-corrected chi connectivity index (χ2v) is 5.20. The molecule has 0 bridgehead atoms. The van der Waals surface area contributed by atoms with E-state index < -0.39 is 0 Å². The molecule has 2 aromatic rings. The molecule has 0 radical (unpaired) electrons. The molecular formula is C17H20N2O. The maximum absolute atomic E-state index is 12.3. The molecular weight excluding hydrogens is 248 g/mol. The molecule has 1 atom stereocenters. The lowest BCUT2D eigenvalue weighted by molar-refractivity contribution is 0.0940. The Kier molecular flexibility index (Phi) is 4.08. The van der Waals surface area contributed by atoms with Crippen LogP contribution in [-0.2, 0) is 0 Å². The van der Waals surface area contributed by atoms with E-state index in [1.54, 1.807) is 6.07 Å². The number of amides is 1. The average molecular weight is 268 g/mol. The molecule has 1 amide bonds. The number of rotatable bonds is 3. The first kappa shape index (κ1) is 14.1. The van der Waals surface area contributed by atoms with E-state index >= 15 is 0 Å². The van der Waals surface area contributed by atoms with Gasteiger partial charge in [-0.25, -0.2) is 0 Å². The Labute approximate surface area is 119 Å². The molecule has 2 aromatic carbocycles. The number of aryl methyl sites for hydroxylation is 2. The third-order valence-electron chi connectivity index (χ3n) is 3.38. The molecule has 0 saturated heterocycles. The Bertz CT molecular complexity index is 617. The minimum Gasteiger partial charge on any atom is -0.398 e. The van der Waals surface area contributed by atoms with E-state index in [9.17, 15) is 4.79 Å². The predicted molar refractivity (Wildman–Crippen MR) is 82.7 cm³/mol. The summed E-state index contributed by atoms with van der Waals surface area (Å²) in [6.45, 7) is 5.95. The van der Waals surface area contributed by atoms with Crippen molar-refractivity contribution in [2.24, 2.45) is 0 Å². The minimum absolute atomic E-state index is 0.0528. The number of hydrogen-bond donors (Lipinski definition) is 2. The summed E-state index contributed by atoms with van der Waals surface area (Å²) in [5.74, 6) is -0.140. The summed E-state index contributed by atoms with van der Waals surface area (Å²) in [5, 5.41) is 2.98. The fourth-order valence-corrected chi connectivity index (χ4v) is 2.08. The number of nitrogen functional groups attached to an aromatic ring is 1. The van der Waals surface area contributed by atoms with Gasteiger partial charge in [0.15, 0.2) is 0 Å². The van der Waals surface area contributed by atoms with Crippen LogP contribution in [0.4, 0.5) is 5.69 Å². The van der Waals surface area contributed by atoms with Crippen LogP contribution >= 0.6 is 0 Å². The van der Waals surface area contributed by atoms with Gasteiger partial charge in [-0.1, -0.05) is 41.5 Å². The van der Waals surface area contributed by atoms with Crippen molar-refractivity contribution in [1.29, 1.82) is 0 Å². The number of nitrogens with two attached hydrogens (primary N) is 1. The molecule has 0 saturated carbocycles. The van der Waals surface area contributed by atoms with E-state index in [-0.39, 0.29) is 11.9 Å². The molecule has 104 valence electrons. The van der Waals surface area contributed by atoms with Gasteiger partial charge in [0.2, 0.25) is 0 Å². The summed E-state index contributed by atoms with van der Waals surface area (Å²) in [6.07, 6.45) is 0. The Morgan fingerprint density at radius 3 is 2.30 bits per heavy atom. The van der Waals surface area contributed by atoms with Gasteiger partial charge in [0.05, 0.1) is 11.6 Å². The summed E-state index contributed by atoms with van der Waals surface area (Å²) >= 11 is 0. The smallest absolute Gasteiger partial charge is 0.253 e. The van der Waals surface area contributed by atoms with Crippen LogP contribution < -0.4 is 11.1 Å². The first-order valence-electron chi connectivity index (χ1n) is 6.71. The number of nitrogens with one attached hydrogen (secondary N) is 1. The molecule has 3 nitrogen and oxygen atoms in total. The Morgan fingerprint density at radius 2 is 1.65 bits per heavy atom. The van der Waals surface area contributed by atoms with Crippen molar-refractivity contribution in [3.63, 3.8) is 0 Å². The normalized spacial score (nSPS) is 11.9. The van der Waals surface area contributed by atoms with Gasteiger partial charge in [0.25, 0.3) is 5.91 Å². The van der Waals surface area contributed by atoms with Crippen molar-refractivity contribution in [3.05, 3.63) is 64.7 Å². The molecule has 0 aliphatic heterocycles. The molecule has 0 heterocycles. The third kappa shape index (κ3) is 3.18. The fraction of sp³-hybridized carbons (Fsp3) is 0.235. The van der Waals surface area contributed by atoms with Gasteiger partial charge in [0.1, 0.15) is 0 Å². The van der Waals surface area contributed by atoms with Gasteiger partial charge in [-0.2, -0.15) is 0 Å². The highest BCUT2D eigenvalue weighted by Gasteiger charge is 2.13. The minimum atomic E-state index is -0.140. The number of hydrogen-bond acceptors (Lipinski definition) is 2. The highest BCUT2D eigenvalue weighted by Crippen LogP contribution is 2.17. The zero-order valence-corrected chi connectivity index (χ0v) is 12.1. The van der Waals surface area contributed by atoms with Crippen molar-refractivity contribution >= 4 is 11.6 Å². The fourth-order valence-electron chi connectivity index (χ4n) is 2.08.